The van der Waals surface area contributed by atoms with Crippen LogP contribution >= 0.6 is 7.92 Å². The van der Waals surface area contributed by atoms with Crippen molar-refractivity contribution in [3.8, 4) is 11.5 Å². The number of hydrogen-bond acceptors (Lipinski definition) is 2. The first-order chi connectivity index (χ1) is 22.9. The fourth-order valence-electron chi connectivity index (χ4n) is 7.50. The molecule has 2 aliphatic rings. The van der Waals surface area contributed by atoms with Gasteiger partial charge in [-0.1, -0.05) is 152 Å². The van der Waals surface area contributed by atoms with Gasteiger partial charge in [-0.15, -0.1) is 0 Å². The van der Waals surface area contributed by atoms with Crippen molar-refractivity contribution in [1.29, 1.82) is 0 Å². The Labute approximate surface area is 272 Å². The highest BCUT2D eigenvalue weighted by Crippen LogP contribution is 2.50. The van der Waals surface area contributed by atoms with Crippen molar-refractivity contribution in [2.75, 3.05) is 4.90 Å². The summed E-state index contributed by atoms with van der Waals surface area (Å²) >= 11 is 0. The Balaban J connectivity index is 1.48. The van der Waals surface area contributed by atoms with E-state index in [-0.39, 0.29) is 0 Å². The van der Waals surface area contributed by atoms with E-state index in [4.69, 9.17) is 4.74 Å². The van der Waals surface area contributed by atoms with Crippen LogP contribution in [0.3, 0.4) is 0 Å². The summed E-state index contributed by atoms with van der Waals surface area (Å²) in [5.41, 5.74) is 3.33. The molecule has 7 aromatic rings. The molecule has 0 amide bonds. The zero-order chi connectivity index (χ0) is 30.5. The molecule has 0 saturated heterocycles. The third kappa shape index (κ3) is 3.99. The number of para-hydroxylation sites is 4. The number of fused-ring (bicyclic) bond motifs is 4. The molecule has 218 valence electrons. The Bertz CT molecular complexity index is 2120. The average molecular weight is 624 g/mol. The zero-order valence-corrected chi connectivity index (χ0v) is 27.0. The van der Waals surface area contributed by atoms with E-state index < -0.39 is 16.0 Å². The number of nitrogens with zero attached hydrogens (tertiary/aromatic N) is 1. The lowest BCUT2D eigenvalue weighted by Crippen LogP contribution is -2.81. The molecular formula is C42H30NOPSi. The fourth-order valence-corrected chi connectivity index (χ4v) is 16.6. The lowest BCUT2D eigenvalue weighted by Gasteiger charge is -2.46. The summed E-state index contributed by atoms with van der Waals surface area (Å²) in [6.07, 6.45) is 0. The van der Waals surface area contributed by atoms with Gasteiger partial charge in [0.1, 0.15) is 0 Å². The summed E-state index contributed by atoms with van der Waals surface area (Å²) in [6.45, 7) is 0. The molecule has 0 aromatic heterocycles. The van der Waals surface area contributed by atoms with E-state index in [1.807, 2.05) is 0 Å². The lowest BCUT2D eigenvalue weighted by molar-refractivity contribution is 0.477. The van der Waals surface area contributed by atoms with E-state index in [0.717, 1.165) is 22.9 Å². The monoisotopic (exact) mass is 623 g/mol. The summed E-state index contributed by atoms with van der Waals surface area (Å²) < 4.78 is 6.51. The highest BCUT2D eigenvalue weighted by atomic mass is 31.1. The molecule has 0 saturated carbocycles. The molecule has 2 nitrogen and oxygen atoms in total. The molecule has 0 fully saturated rings. The van der Waals surface area contributed by atoms with Gasteiger partial charge in [0.25, 0.3) is 0 Å². The van der Waals surface area contributed by atoms with Crippen molar-refractivity contribution < 1.29 is 4.74 Å². The van der Waals surface area contributed by atoms with Crippen LogP contribution < -0.4 is 46.3 Å². The van der Waals surface area contributed by atoms with Gasteiger partial charge in [0, 0.05) is 5.69 Å². The molecule has 2 heterocycles. The minimum atomic E-state index is -2.89. The van der Waals surface area contributed by atoms with E-state index in [9.17, 15) is 0 Å². The topological polar surface area (TPSA) is 12.5 Å². The zero-order valence-electron chi connectivity index (χ0n) is 25.1. The molecule has 2 aliphatic heterocycles. The fraction of sp³-hybridized carbons (Fsp3) is 0. The van der Waals surface area contributed by atoms with Gasteiger partial charge in [0.15, 0.2) is 19.6 Å². The Hall–Kier alpha value is -5.21. The Morgan fingerprint density at radius 3 is 1.52 bits per heavy atom. The second-order valence-electron chi connectivity index (χ2n) is 11.7. The summed E-state index contributed by atoms with van der Waals surface area (Å²) in [6, 6.07) is 67.0. The number of rotatable bonds is 4. The maximum absolute atomic E-state index is 6.51. The average Bonchev–Trinajstić information content (AvgIpc) is 3.14. The molecule has 1 atom stereocenters. The first-order valence-corrected chi connectivity index (χ1v) is 19.0. The predicted molar refractivity (Wildman–Crippen MR) is 197 cm³/mol. The minimum Gasteiger partial charge on any atom is -0.453 e. The van der Waals surface area contributed by atoms with E-state index >= 15 is 0 Å². The molecule has 0 N–H and O–H groups in total. The molecule has 0 bridgehead atoms. The van der Waals surface area contributed by atoms with Gasteiger partial charge in [0.2, 0.25) is 0 Å². The molecule has 9 rings (SSSR count). The number of benzene rings is 7. The number of hydrogen-bond donors (Lipinski definition) is 0. The largest absolute Gasteiger partial charge is 0.453 e. The normalized spacial score (nSPS) is 15.5. The van der Waals surface area contributed by atoms with Crippen LogP contribution in [0.15, 0.2) is 182 Å². The second kappa shape index (κ2) is 11.0. The van der Waals surface area contributed by atoms with Crippen molar-refractivity contribution in [1.82, 2.24) is 0 Å². The van der Waals surface area contributed by atoms with E-state index in [1.165, 1.54) is 42.3 Å². The van der Waals surface area contributed by atoms with Gasteiger partial charge in [-0.25, -0.2) is 0 Å². The molecule has 0 aliphatic carbocycles. The number of anilines is 3. The van der Waals surface area contributed by atoms with Crippen molar-refractivity contribution in [3.05, 3.63) is 182 Å². The molecule has 7 aromatic carbocycles. The van der Waals surface area contributed by atoms with Crippen LogP contribution in [0.25, 0.3) is 0 Å². The van der Waals surface area contributed by atoms with Crippen LogP contribution in [-0.4, -0.2) is 8.07 Å². The van der Waals surface area contributed by atoms with Crippen LogP contribution in [-0.2, 0) is 0 Å². The van der Waals surface area contributed by atoms with Crippen LogP contribution in [0, 0.1) is 0 Å². The third-order valence-corrected chi connectivity index (χ3v) is 17.2. The van der Waals surface area contributed by atoms with Gasteiger partial charge in [0.05, 0.1) is 11.4 Å². The smallest absolute Gasteiger partial charge is 0.183 e. The number of ether oxygens (including phenoxy) is 1. The summed E-state index contributed by atoms with van der Waals surface area (Å²) in [5, 5.41) is 9.95. The van der Waals surface area contributed by atoms with Gasteiger partial charge < -0.3 is 9.64 Å². The Morgan fingerprint density at radius 2 is 0.891 bits per heavy atom. The van der Waals surface area contributed by atoms with Crippen molar-refractivity contribution in [3.63, 3.8) is 0 Å². The van der Waals surface area contributed by atoms with Gasteiger partial charge in [-0.05, 0) is 74.9 Å². The summed E-state index contributed by atoms with van der Waals surface area (Å²) in [7, 11) is -3.72. The van der Waals surface area contributed by atoms with Gasteiger partial charge >= 0.3 is 0 Å². The SMILES string of the molecule is c1ccc(P2c3ccccc3[Si](c3ccccc3)(c3ccccc3)c3c(N4c5ccccc5Oc5ccccc54)cccc32)cc1. The van der Waals surface area contributed by atoms with Crippen molar-refractivity contribution in [2.24, 2.45) is 0 Å². The maximum Gasteiger partial charge on any atom is 0.183 e. The first-order valence-electron chi connectivity index (χ1n) is 15.7. The third-order valence-electron chi connectivity index (χ3n) is 9.29. The molecule has 4 heteroatoms. The van der Waals surface area contributed by atoms with Crippen LogP contribution in [0.1, 0.15) is 0 Å². The van der Waals surface area contributed by atoms with E-state index in [1.54, 1.807) is 0 Å². The highest BCUT2D eigenvalue weighted by Gasteiger charge is 2.51. The van der Waals surface area contributed by atoms with Crippen molar-refractivity contribution >= 4 is 69.7 Å². The van der Waals surface area contributed by atoms with Gasteiger partial charge in [-0.3, -0.25) is 0 Å². The minimum absolute atomic E-state index is 0.833. The molecule has 0 spiro atoms. The van der Waals surface area contributed by atoms with Gasteiger partial charge in [-0.2, -0.15) is 0 Å². The first kappa shape index (κ1) is 27.1. The quantitative estimate of drug-likeness (QED) is 0.160. The summed E-state index contributed by atoms with van der Waals surface area (Å²) in [4.78, 5) is 2.47. The predicted octanol–water partition coefficient (Wildman–Crippen LogP) is 6.71. The molecule has 1 unspecified atom stereocenters. The van der Waals surface area contributed by atoms with Crippen LogP contribution in [0.4, 0.5) is 17.1 Å². The highest BCUT2D eigenvalue weighted by molar-refractivity contribution is 7.81. The van der Waals surface area contributed by atoms with E-state index in [0.29, 0.717) is 0 Å². The molecule has 0 radical (unpaired) electrons. The van der Waals surface area contributed by atoms with Crippen LogP contribution in [0.2, 0.25) is 0 Å². The Kier molecular flexibility index (Phi) is 6.48. The standard InChI is InChI=1S/C42H30NOPSi/c1-4-17-31(18-5-1)45-39-28-14-15-30-41(39)46(32-19-6-2-7-20-32,33-21-8-3-9-22-33)42-36(25-16-29-40(42)45)43-34-23-10-12-26-37(34)44-38-27-13-11-24-35(38)43/h1-30H. The Morgan fingerprint density at radius 1 is 0.413 bits per heavy atom. The van der Waals surface area contributed by atoms with E-state index in [2.05, 4.69) is 187 Å². The van der Waals surface area contributed by atoms with Crippen LogP contribution in [0.5, 0.6) is 11.5 Å². The molecular weight excluding hydrogens is 594 g/mol. The lowest BCUT2D eigenvalue weighted by atomic mass is 10.1. The molecule has 46 heavy (non-hydrogen) atoms. The summed E-state index contributed by atoms with van der Waals surface area (Å²) in [5.74, 6) is 1.74. The maximum atomic E-state index is 6.51. The van der Waals surface area contributed by atoms with Crippen molar-refractivity contribution in [2.45, 2.75) is 0 Å². The second-order valence-corrected chi connectivity index (χ2v) is 17.6.